The zero-order valence-corrected chi connectivity index (χ0v) is 14.1. The molecule has 2 aromatic carbocycles. The van der Waals surface area contributed by atoms with E-state index in [0.29, 0.717) is 18.5 Å². The summed E-state index contributed by atoms with van der Waals surface area (Å²) in [4.78, 5) is 11.3. The molecular weight excluding hydrogens is 326 g/mol. The largest absolute Gasteiger partial charge is 0.466 e. The monoisotopic (exact) mass is 345 g/mol. The molecule has 2 rings (SSSR count). The Labute approximate surface area is 142 Å². The number of esters is 1. The van der Waals surface area contributed by atoms with Crippen LogP contribution in [0.1, 0.15) is 11.1 Å². The normalized spacial score (nSPS) is 11.5. The average molecular weight is 345 g/mol. The molecule has 0 aliphatic rings. The van der Waals surface area contributed by atoms with Crippen LogP contribution in [0.3, 0.4) is 0 Å². The van der Waals surface area contributed by atoms with Gasteiger partial charge < -0.3 is 4.74 Å². The fourth-order valence-corrected chi connectivity index (χ4v) is 3.16. The van der Waals surface area contributed by atoms with Gasteiger partial charge in [-0.3, -0.25) is 0 Å². The minimum absolute atomic E-state index is 0.155. The topological polar surface area (TPSA) is 72.5 Å². The van der Waals surface area contributed by atoms with E-state index in [9.17, 15) is 13.2 Å². The predicted molar refractivity (Wildman–Crippen MR) is 92.8 cm³/mol. The molecule has 0 spiro atoms. The summed E-state index contributed by atoms with van der Waals surface area (Å²) in [5, 5.41) is 0. The first-order chi connectivity index (χ1) is 11.5. The quantitative estimate of drug-likeness (QED) is 0.618. The molecule has 0 saturated carbocycles. The SMILES string of the molecule is COC(=O)C=Cc1cccc(S(=O)(=O)NCCc2ccccc2)c1. The number of carbonyl (C=O) groups excluding carboxylic acids is 1. The van der Waals surface area contributed by atoms with Crippen molar-refractivity contribution in [3.8, 4) is 0 Å². The third-order valence-electron chi connectivity index (χ3n) is 3.33. The van der Waals surface area contributed by atoms with E-state index in [0.717, 1.165) is 5.56 Å². The molecule has 0 amide bonds. The highest BCUT2D eigenvalue weighted by Gasteiger charge is 2.13. The lowest BCUT2D eigenvalue weighted by Crippen LogP contribution is -2.26. The third kappa shape index (κ3) is 5.33. The third-order valence-corrected chi connectivity index (χ3v) is 4.79. The molecule has 0 heterocycles. The second-order valence-electron chi connectivity index (χ2n) is 5.06. The summed E-state index contributed by atoms with van der Waals surface area (Å²) in [6, 6.07) is 16.0. The van der Waals surface area contributed by atoms with Gasteiger partial charge in [0.25, 0.3) is 0 Å². The van der Waals surface area contributed by atoms with Gasteiger partial charge in [0, 0.05) is 12.6 Å². The number of ether oxygens (including phenoxy) is 1. The van der Waals surface area contributed by atoms with Crippen LogP contribution in [-0.2, 0) is 26.0 Å². The molecule has 0 bridgehead atoms. The van der Waals surface area contributed by atoms with Crippen LogP contribution in [0.5, 0.6) is 0 Å². The number of sulfonamides is 1. The van der Waals surface area contributed by atoms with Gasteiger partial charge in [-0.2, -0.15) is 0 Å². The fraction of sp³-hybridized carbons (Fsp3) is 0.167. The molecule has 0 aliphatic heterocycles. The van der Waals surface area contributed by atoms with Gasteiger partial charge in [-0.1, -0.05) is 42.5 Å². The summed E-state index contributed by atoms with van der Waals surface area (Å²) in [5.41, 5.74) is 1.67. The van der Waals surface area contributed by atoms with E-state index >= 15 is 0 Å². The van der Waals surface area contributed by atoms with Crippen molar-refractivity contribution in [3.05, 3.63) is 71.8 Å². The standard InChI is InChI=1S/C18H19NO4S/c1-23-18(20)11-10-16-8-5-9-17(14-16)24(21,22)19-13-12-15-6-3-2-4-7-15/h2-11,14,19H,12-13H2,1H3. The van der Waals surface area contributed by atoms with E-state index in [-0.39, 0.29) is 4.90 Å². The fourth-order valence-electron chi connectivity index (χ4n) is 2.08. The number of hydrogen-bond donors (Lipinski definition) is 1. The zero-order valence-electron chi connectivity index (χ0n) is 13.3. The molecule has 6 heteroatoms. The number of rotatable bonds is 7. The van der Waals surface area contributed by atoms with Gasteiger partial charge in [0.05, 0.1) is 12.0 Å². The Kier molecular flexibility index (Phi) is 6.28. The maximum atomic E-state index is 12.3. The van der Waals surface area contributed by atoms with Crippen molar-refractivity contribution in [1.29, 1.82) is 0 Å². The van der Waals surface area contributed by atoms with Gasteiger partial charge in [0.15, 0.2) is 0 Å². The first-order valence-electron chi connectivity index (χ1n) is 7.41. The maximum absolute atomic E-state index is 12.3. The van der Waals surface area contributed by atoms with Gasteiger partial charge in [-0.15, -0.1) is 0 Å². The molecule has 1 N–H and O–H groups in total. The number of hydrogen-bond acceptors (Lipinski definition) is 4. The van der Waals surface area contributed by atoms with Crippen LogP contribution in [0.25, 0.3) is 6.08 Å². The number of carbonyl (C=O) groups is 1. The van der Waals surface area contributed by atoms with Crippen LogP contribution in [0.4, 0.5) is 0 Å². The molecule has 0 aliphatic carbocycles. The zero-order chi connectivity index (χ0) is 17.4. The molecule has 0 atom stereocenters. The summed E-state index contributed by atoms with van der Waals surface area (Å²) >= 11 is 0. The summed E-state index contributed by atoms with van der Waals surface area (Å²) in [6.45, 7) is 0.314. The van der Waals surface area contributed by atoms with Crippen LogP contribution >= 0.6 is 0 Å². The Morgan fingerprint density at radius 2 is 1.88 bits per heavy atom. The molecule has 0 saturated heterocycles. The molecule has 24 heavy (non-hydrogen) atoms. The van der Waals surface area contributed by atoms with Crippen molar-refractivity contribution in [3.63, 3.8) is 0 Å². The van der Waals surface area contributed by atoms with Gasteiger partial charge >= 0.3 is 5.97 Å². The molecular formula is C18H19NO4S. The second kappa shape index (κ2) is 8.42. The van der Waals surface area contributed by atoms with Crippen LogP contribution in [0.15, 0.2) is 65.6 Å². The van der Waals surface area contributed by atoms with Crippen molar-refractivity contribution in [2.75, 3.05) is 13.7 Å². The molecule has 126 valence electrons. The van der Waals surface area contributed by atoms with E-state index in [2.05, 4.69) is 9.46 Å². The van der Waals surface area contributed by atoms with Crippen molar-refractivity contribution in [2.24, 2.45) is 0 Å². The van der Waals surface area contributed by atoms with Gasteiger partial charge in [-0.25, -0.2) is 17.9 Å². The van der Waals surface area contributed by atoms with Crippen molar-refractivity contribution < 1.29 is 17.9 Å². The van der Waals surface area contributed by atoms with Gasteiger partial charge in [0.1, 0.15) is 0 Å². The Morgan fingerprint density at radius 3 is 2.58 bits per heavy atom. The summed E-state index contributed by atoms with van der Waals surface area (Å²) in [7, 11) is -2.32. The van der Waals surface area contributed by atoms with Gasteiger partial charge in [-0.05, 0) is 35.8 Å². The Bertz CT molecular complexity index is 814. The number of benzene rings is 2. The van der Waals surface area contributed by atoms with Gasteiger partial charge in [0.2, 0.25) is 10.0 Å². The van der Waals surface area contributed by atoms with E-state index in [1.54, 1.807) is 12.1 Å². The second-order valence-corrected chi connectivity index (χ2v) is 6.83. The first-order valence-corrected chi connectivity index (χ1v) is 8.89. The van der Waals surface area contributed by atoms with Crippen LogP contribution in [-0.4, -0.2) is 28.0 Å². The van der Waals surface area contributed by atoms with Crippen LogP contribution < -0.4 is 4.72 Å². The van der Waals surface area contributed by atoms with Crippen LogP contribution in [0.2, 0.25) is 0 Å². The maximum Gasteiger partial charge on any atom is 0.330 e. The lowest BCUT2D eigenvalue weighted by molar-refractivity contribution is -0.134. The smallest absolute Gasteiger partial charge is 0.330 e. The Morgan fingerprint density at radius 1 is 1.12 bits per heavy atom. The van der Waals surface area contributed by atoms with E-state index < -0.39 is 16.0 Å². The molecule has 0 aromatic heterocycles. The Balaban J connectivity index is 2.03. The average Bonchev–Trinajstić information content (AvgIpc) is 2.60. The minimum Gasteiger partial charge on any atom is -0.466 e. The highest BCUT2D eigenvalue weighted by Crippen LogP contribution is 2.13. The number of nitrogens with one attached hydrogen (secondary N) is 1. The highest BCUT2D eigenvalue weighted by atomic mass is 32.2. The van der Waals surface area contributed by atoms with Crippen LogP contribution in [0, 0.1) is 0 Å². The lowest BCUT2D eigenvalue weighted by Gasteiger charge is -2.07. The molecule has 0 fully saturated rings. The summed E-state index contributed by atoms with van der Waals surface area (Å²) < 4.78 is 31.8. The van der Waals surface area contributed by atoms with E-state index in [1.165, 1.54) is 31.4 Å². The summed E-state index contributed by atoms with van der Waals surface area (Å²) in [6.07, 6.45) is 3.37. The molecule has 2 aromatic rings. The minimum atomic E-state index is -3.60. The lowest BCUT2D eigenvalue weighted by atomic mass is 10.2. The first kappa shape index (κ1) is 17.9. The molecule has 5 nitrogen and oxygen atoms in total. The molecule has 0 radical (unpaired) electrons. The predicted octanol–water partition coefficient (Wildman–Crippen LogP) is 2.39. The highest BCUT2D eigenvalue weighted by molar-refractivity contribution is 7.89. The van der Waals surface area contributed by atoms with Crippen molar-refractivity contribution >= 4 is 22.1 Å². The number of methoxy groups -OCH3 is 1. The Hall–Kier alpha value is -2.44. The van der Waals surface area contributed by atoms with Crippen molar-refractivity contribution in [2.45, 2.75) is 11.3 Å². The van der Waals surface area contributed by atoms with E-state index in [1.807, 2.05) is 30.3 Å². The van der Waals surface area contributed by atoms with E-state index in [4.69, 9.17) is 0 Å². The molecule has 0 unspecified atom stereocenters. The van der Waals surface area contributed by atoms with Crippen molar-refractivity contribution in [1.82, 2.24) is 4.72 Å². The summed E-state index contributed by atoms with van der Waals surface area (Å²) in [5.74, 6) is -0.496.